The maximum absolute atomic E-state index is 13.5. The third-order valence-electron chi connectivity index (χ3n) is 5.52. The Kier molecular flexibility index (Phi) is 5.50. The monoisotopic (exact) mass is 475 g/mol. The molecule has 4 aromatic rings. The number of para-hydroxylation sites is 2. The normalized spacial score (nSPS) is 14.2. The van der Waals surface area contributed by atoms with Crippen LogP contribution in [-0.4, -0.2) is 35.5 Å². The number of aromatic hydroxyl groups is 1. The predicted molar refractivity (Wildman–Crippen MR) is 131 cm³/mol. The lowest BCUT2D eigenvalue weighted by atomic mass is 10.1. The van der Waals surface area contributed by atoms with Crippen molar-refractivity contribution in [3.63, 3.8) is 0 Å². The highest BCUT2D eigenvalue weighted by Gasteiger charge is 2.29. The van der Waals surface area contributed by atoms with Gasteiger partial charge in [0.05, 0.1) is 11.1 Å². The number of benzene rings is 2. The van der Waals surface area contributed by atoms with Crippen molar-refractivity contribution < 1.29 is 13.5 Å². The van der Waals surface area contributed by atoms with E-state index >= 15 is 0 Å². The fraction of sp³-hybridized carbons (Fsp3) is 0.125. The van der Waals surface area contributed by atoms with Gasteiger partial charge in [-0.05, 0) is 42.8 Å². The zero-order valence-electron chi connectivity index (χ0n) is 18.0. The molecule has 0 bridgehead atoms. The molecule has 1 aliphatic rings. The molecule has 10 heteroatoms. The van der Waals surface area contributed by atoms with E-state index in [1.54, 1.807) is 30.3 Å². The summed E-state index contributed by atoms with van der Waals surface area (Å²) < 4.78 is 30.7. The Hall–Kier alpha value is -4.18. The summed E-state index contributed by atoms with van der Waals surface area (Å²) in [5.74, 6) is -0.587. The van der Waals surface area contributed by atoms with Gasteiger partial charge in [0.2, 0.25) is 0 Å². The number of nitrogens with one attached hydrogen (secondary N) is 2. The fourth-order valence-electron chi connectivity index (χ4n) is 3.93. The van der Waals surface area contributed by atoms with Gasteiger partial charge in [-0.2, -0.15) is 8.42 Å². The number of aromatic nitrogens is 2. The zero-order chi connectivity index (χ0) is 23.7. The molecule has 2 aromatic heterocycles. The summed E-state index contributed by atoms with van der Waals surface area (Å²) >= 11 is 0. The van der Waals surface area contributed by atoms with Gasteiger partial charge in [0.25, 0.3) is 15.6 Å². The van der Waals surface area contributed by atoms with E-state index in [-0.39, 0.29) is 27.7 Å². The SMILES string of the molecule is O=c1c(C2=NS(=O)(=O)c3ccccc3N2)c(O)c2cccnc2n1CCCNc1ccccc1. The van der Waals surface area contributed by atoms with Gasteiger partial charge in [-0.15, -0.1) is 4.40 Å². The van der Waals surface area contributed by atoms with E-state index in [1.807, 2.05) is 30.3 Å². The first-order chi connectivity index (χ1) is 16.5. The fourth-order valence-corrected chi connectivity index (χ4v) is 5.06. The molecule has 5 rings (SSSR count). The molecular weight excluding hydrogens is 454 g/mol. The van der Waals surface area contributed by atoms with E-state index in [0.717, 1.165) is 5.69 Å². The van der Waals surface area contributed by atoms with E-state index in [4.69, 9.17) is 0 Å². The lowest BCUT2D eigenvalue weighted by molar-refractivity contribution is 0.476. The molecule has 2 aromatic carbocycles. The maximum atomic E-state index is 13.5. The average Bonchev–Trinajstić information content (AvgIpc) is 2.84. The molecule has 172 valence electrons. The van der Waals surface area contributed by atoms with E-state index < -0.39 is 15.6 Å². The van der Waals surface area contributed by atoms with Crippen molar-refractivity contribution in [1.82, 2.24) is 9.55 Å². The number of nitrogens with zero attached hydrogens (tertiary/aromatic N) is 3. The number of pyridine rings is 2. The molecule has 0 unspecified atom stereocenters. The zero-order valence-corrected chi connectivity index (χ0v) is 18.8. The van der Waals surface area contributed by atoms with Crippen LogP contribution in [-0.2, 0) is 16.6 Å². The van der Waals surface area contributed by atoms with Crippen molar-refractivity contribution in [3.05, 3.63) is 88.8 Å². The van der Waals surface area contributed by atoms with Crippen LogP contribution in [0.15, 0.2) is 87.0 Å². The lowest BCUT2D eigenvalue weighted by Gasteiger charge is -2.20. The molecule has 0 amide bonds. The summed E-state index contributed by atoms with van der Waals surface area (Å²) in [7, 11) is -4.05. The van der Waals surface area contributed by atoms with Gasteiger partial charge in [-0.1, -0.05) is 30.3 Å². The first kappa shape index (κ1) is 21.7. The van der Waals surface area contributed by atoms with Crippen molar-refractivity contribution in [1.29, 1.82) is 0 Å². The van der Waals surface area contributed by atoms with Crippen LogP contribution < -0.4 is 16.2 Å². The predicted octanol–water partition coefficient (Wildman–Crippen LogP) is 3.17. The van der Waals surface area contributed by atoms with E-state index in [0.29, 0.717) is 30.5 Å². The molecular formula is C24H21N5O4S. The second-order valence-corrected chi connectivity index (χ2v) is 9.31. The second kappa shape index (κ2) is 8.64. The number of hydrogen-bond acceptors (Lipinski definition) is 7. The van der Waals surface area contributed by atoms with Crippen molar-refractivity contribution in [3.8, 4) is 5.75 Å². The Morgan fingerprint density at radius 2 is 1.76 bits per heavy atom. The van der Waals surface area contributed by atoms with Crippen LogP contribution in [0, 0.1) is 0 Å². The number of fused-ring (bicyclic) bond motifs is 2. The van der Waals surface area contributed by atoms with Gasteiger partial charge in [-0.3, -0.25) is 9.36 Å². The number of anilines is 2. The van der Waals surface area contributed by atoms with E-state index in [2.05, 4.69) is 20.0 Å². The first-order valence-electron chi connectivity index (χ1n) is 10.7. The first-order valence-corrected chi connectivity index (χ1v) is 12.1. The van der Waals surface area contributed by atoms with Crippen molar-refractivity contribution >= 4 is 38.3 Å². The topological polar surface area (TPSA) is 126 Å². The standard InChI is InChI=1S/C24H21N5O4S/c30-21-17-10-6-13-26-23(17)29(15-7-14-25-16-8-2-1-3-9-16)24(31)20(21)22-27-18-11-4-5-12-19(18)34(32,33)28-22/h1-6,8-13,25,30H,7,14-15H2,(H,27,28). The Morgan fingerprint density at radius 1 is 1.00 bits per heavy atom. The molecule has 34 heavy (non-hydrogen) atoms. The lowest BCUT2D eigenvalue weighted by Crippen LogP contribution is -2.33. The molecule has 0 aliphatic carbocycles. The highest BCUT2D eigenvalue weighted by molar-refractivity contribution is 7.90. The third kappa shape index (κ3) is 3.88. The maximum Gasteiger partial charge on any atom is 0.286 e. The molecule has 0 spiro atoms. The highest BCUT2D eigenvalue weighted by atomic mass is 32.2. The van der Waals surface area contributed by atoms with Gasteiger partial charge in [0.15, 0.2) is 5.84 Å². The highest BCUT2D eigenvalue weighted by Crippen LogP contribution is 2.31. The molecule has 1 aliphatic heterocycles. The van der Waals surface area contributed by atoms with Crippen LogP contribution in [0.2, 0.25) is 0 Å². The average molecular weight is 476 g/mol. The number of aryl methyl sites for hydroxylation is 1. The molecule has 0 saturated carbocycles. The molecule has 3 heterocycles. The molecule has 0 radical (unpaired) electrons. The van der Waals surface area contributed by atoms with E-state index in [1.165, 1.54) is 16.8 Å². The van der Waals surface area contributed by atoms with Crippen LogP contribution >= 0.6 is 0 Å². The van der Waals surface area contributed by atoms with Gasteiger partial charge in [-0.25, -0.2) is 4.98 Å². The van der Waals surface area contributed by atoms with Gasteiger partial charge < -0.3 is 15.7 Å². The summed E-state index contributed by atoms with van der Waals surface area (Å²) in [6, 6.07) is 19.2. The van der Waals surface area contributed by atoms with E-state index in [9.17, 15) is 18.3 Å². The Bertz CT molecular complexity index is 1580. The largest absolute Gasteiger partial charge is 0.506 e. The third-order valence-corrected chi connectivity index (χ3v) is 6.86. The number of hydrogen-bond donors (Lipinski definition) is 3. The van der Waals surface area contributed by atoms with Crippen molar-refractivity contribution in [2.24, 2.45) is 4.40 Å². The minimum absolute atomic E-state index is 0.00741. The van der Waals surface area contributed by atoms with Gasteiger partial charge >= 0.3 is 0 Å². The number of sulfonamides is 1. The van der Waals surface area contributed by atoms with Crippen LogP contribution in [0.4, 0.5) is 11.4 Å². The summed E-state index contributed by atoms with van der Waals surface area (Å²) in [6.07, 6.45) is 2.13. The minimum Gasteiger partial charge on any atom is -0.506 e. The molecule has 0 saturated heterocycles. The van der Waals surface area contributed by atoms with Gasteiger partial charge in [0, 0.05) is 25.0 Å². The number of rotatable bonds is 6. The summed E-state index contributed by atoms with van der Waals surface area (Å²) in [5, 5.41) is 17.5. The number of amidine groups is 1. The summed E-state index contributed by atoms with van der Waals surface area (Å²) in [5.41, 5.74) is 0.775. The molecule has 9 nitrogen and oxygen atoms in total. The molecule has 3 N–H and O–H groups in total. The minimum atomic E-state index is -4.05. The van der Waals surface area contributed by atoms with Crippen LogP contribution in [0.25, 0.3) is 11.0 Å². The van der Waals surface area contributed by atoms with Crippen LogP contribution in [0.3, 0.4) is 0 Å². The van der Waals surface area contributed by atoms with Crippen LogP contribution in [0.1, 0.15) is 12.0 Å². The molecule has 0 atom stereocenters. The Labute approximate surface area is 195 Å². The summed E-state index contributed by atoms with van der Waals surface area (Å²) in [4.78, 5) is 17.8. The second-order valence-electron chi connectivity index (χ2n) is 7.74. The Morgan fingerprint density at radius 3 is 2.59 bits per heavy atom. The van der Waals surface area contributed by atoms with Crippen molar-refractivity contribution in [2.45, 2.75) is 17.9 Å². The van der Waals surface area contributed by atoms with Crippen molar-refractivity contribution in [2.75, 3.05) is 17.2 Å². The van der Waals surface area contributed by atoms with Crippen LogP contribution in [0.5, 0.6) is 5.75 Å². The summed E-state index contributed by atoms with van der Waals surface area (Å²) in [6.45, 7) is 0.901. The van der Waals surface area contributed by atoms with Gasteiger partial charge in [0.1, 0.15) is 21.9 Å². The quantitative estimate of drug-likeness (QED) is 0.366. The molecule has 0 fully saturated rings. The Balaban J connectivity index is 1.55. The smallest absolute Gasteiger partial charge is 0.286 e.